The molecule has 2 aromatic rings. The summed E-state index contributed by atoms with van der Waals surface area (Å²) in [4.78, 5) is 0. The summed E-state index contributed by atoms with van der Waals surface area (Å²) in [6.45, 7) is 4.01. The normalized spacial score (nSPS) is 10.5. The standard InChI is InChI=1S/C11H11ClN2/c1-8-3-4-10(12)7-11(8)14-6-5-9(2)13-14/h3-7H,1-2H3. The number of hydrogen-bond acceptors (Lipinski definition) is 1. The van der Waals surface area contributed by atoms with Crippen LogP contribution < -0.4 is 0 Å². The molecular weight excluding hydrogens is 196 g/mol. The molecular formula is C11H11ClN2. The zero-order valence-corrected chi connectivity index (χ0v) is 8.92. The first-order chi connectivity index (χ1) is 6.66. The lowest BCUT2D eigenvalue weighted by molar-refractivity contribution is 0.856. The van der Waals surface area contributed by atoms with Crippen molar-refractivity contribution < 1.29 is 0 Å². The maximum Gasteiger partial charge on any atom is 0.0689 e. The lowest BCUT2D eigenvalue weighted by Gasteiger charge is -2.05. The SMILES string of the molecule is Cc1ccn(-c2cc(Cl)ccc2C)n1. The van der Waals surface area contributed by atoms with Gasteiger partial charge in [0.2, 0.25) is 0 Å². The Morgan fingerprint density at radius 1 is 1.21 bits per heavy atom. The minimum atomic E-state index is 0.735. The summed E-state index contributed by atoms with van der Waals surface area (Å²) < 4.78 is 1.84. The maximum atomic E-state index is 5.93. The molecule has 0 spiro atoms. The third kappa shape index (κ3) is 1.66. The Labute approximate surface area is 88.1 Å². The minimum absolute atomic E-state index is 0.735. The van der Waals surface area contributed by atoms with Gasteiger partial charge >= 0.3 is 0 Å². The van der Waals surface area contributed by atoms with E-state index in [1.807, 2.05) is 49.0 Å². The highest BCUT2D eigenvalue weighted by atomic mass is 35.5. The number of rotatable bonds is 1. The van der Waals surface area contributed by atoms with E-state index < -0.39 is 0 Å². The van der Waals surface area contributed by atoms with Gasteiger partial charge in [0.1, 0.15) is 0 Å². The predicted octanol–water partition coefficient (Wildman–Crippen LogP) is 3.14. The molecule has 0 saturated heterocycles. The van der Waals surface area contributed by atoms with Crippen LogP contribution in [-0.2, 0) is 0 Å². The Hall–Kier alpha value is -1.28. The molecule has 0 amide bonds. The van der Waals surface area contributed by atoms with Crippen LogP contribution in [0, 0.1) is 13.8 Å². The van der Waals surface area contributed by atoms with E-state index in [0.29, 0.717) is 0 Å². The molecule has 0 fully saturated rings. The van der Waals surface area contributed by atoms with E-state index in [1.54, 1.807) is 0 Å². The smallest absolute Gasteiger partial charge is 0.0689 e. The Balaban J connectivity index is 2.55. The van der Waals surface area contributed by atoms with Crippen molar-refractivity contribution in [2.75, 3.05) is 0 Å². The van der Waals surface area contributed by atoms with Crippen molar-refractivity contribution in [3.05, 3.63) is 46.7 Å². The number of halogens is 1. The topological polar surface area (TPSA) is 17.8 Å². The van der Waals surface area contributed by atoms with Crippen LogP contribution in [0.25, 0.3) is 5.69 Å². The molecule has 0 bridgehead atoms. The lowest BCUT2D eigenvalue weighted by Crippen LogP contribution is -1.97. The number of nitrogens with zero attached hydrogens (tertiary/aromatic N) is 2. The Morgan fingerprint density at radius 2 is 2.00 bits per heavy atom. The zero-order chi connectivity index (χ0) is 10.1. The first kappa shape index (κ1) is 9.28. The highest BCUT2D eigenvalue weighted by molar-refractivity contribution is 6.30. The Kier molecular flexibility index (Phi) is 2.30. The molecule has 0 saturated carbocycles. The minimum Gasteiger partial charge on any atom is -0.240 e. The largest absolute Gasteiger partial charge is 0.240 e. The molecule has 14 heavy (non-hydrogen) atoms. The average Bonchev–Trinajstić information content (AvgIpc) is 2.56. The van der Waals surface area contributed by atoms with E-state index in [0.717, 1.165) is 22.0 Å². The number of aryl methyl sites for hydroxylation is 2. The van der Waals surface area contributed by atoms with E-state index in [2.05, 4.69) is 5.10 Å². The summed E-state index contributed by atoms with van der Waals surface area (Å²) in [5.41, 5.74) is 3.20. The maximum absolute atomic E-state index is 5.93. The molecule has 2 rings (SSSR count). The Morgan fingerprint density at radius 3 is 2.64 bits per heavy atom. The molecule has 0 N–H and O–H groups in total. The molecule has 0 radical (unpaired) electrons. The van der Waals surface area contributed by atoms with Gasteiger partial charge in [0.05, 0.1) is 11.4 Å². The third-order valence-electron chi connectivity index (χ3n) is 2.14. The fourth-order valence-electron chi connectivity index (χ4n) is 1.38. The van der Waals surface area contributed by atoms with E-state index >= 15 is 0 Å². The van der Waals surface area contributed by atoms with E-state index in [-0.39, 0.29) is 0 Å². The van der Waals surface area contributed by atoms with Crippen LogP contribution in [0.2, 0.25) is 5.02 Å². The van der Waals surface area contributed by atoms with Crippen LogP contribution in [-0.4, -0.2) is 9.78 Å². The van der Waals surface area contributed by atoms with Crippen molar-refractivity contribution in [1.29, 1.82) is 0 Å². The fourth-order valence-corrected chi connectivity index (χ4v) is 1.54. The molecule has 72 valence electrons. The lowest BCUT2D eigenvalue weighted by atomic mass is 10.2. The molecule has 2 nitrogen and oxygen atoms in total. The van der Waals surface area contributed by atoms with Gasteiger partial charge in [0.25, 0.3) is 0 Å². The molecule has 1 aromatic carbocycles. The number of aromatic nitrogens is 2. The summed E-state index contributed by atoms with van der Waals surface area (Å²) in [6.07, 6.45) is 1.94. The second kappa shape index (κ2) is 3.46. The molecule has 1 aromatic heterocycles. The van der Waals surface area contributed by atoms with Crippen molar-refractivity contribution in [3.8, 4) is 5.69 Å². The van der Waals surface area contributed by atoms with Crippen LogP contribution >= 0.6 is 11.6 Å². The van der Waals surface area contributed by atoms with Gasteiger partial charge in [-0.25, -0.2) is 4.68 Å². The first-order valence-electron chi connectivity index (χ1n) is 4.45. The van der Waals surface area contributed by atoms with Crippen LogP contribution in [0.15, 0.2) is 30.5 Å². The Bertz CT molecular complexity index is 460. The number of hydrogen-bond donors (Lipinski definition) is 0. The van der Waals surface area contributed by atoms with Crippen LogP contribution in [0.1, 0.15) is 11.3 Å². The second-order valence-electron chi connectivity index (χ2n) is 3.33. The monoisotopic (exact) mass is 206 g/mol. The summed E-state index contributed by atoms with van der Waals surface area (Å²) >= 11 is 5.93. The van der Waals surface area contributed by atoms with Gasteiger partial charge in [0.15, 0.2) is 0 Å². The van der Waals surface area contributed by atoms with Crippen LogP contribution in [0.4, 0.5) is 0 Å². The highest BCUT2D eigenvalue weighted by Crippen LogP contribution is 2.18. The summed E-state index contributed by atoms with van der Waals surface area (Å²) in [5.74, 6) is 0. The highest BCUT2D eigenvalue weighted by Gasteiger charge is 2.02. The van der Waals surface area contributed by atoms with Gasteiger partial charge in [-0.2, -0.15) is 5.10 Å². The molecule has 3 heteroatoms. The van der Waals surface area contributed by atoms with Crippen LogP contribution in [0.3, 0.4) is 0 Å². The fraction of sp³-hybridized carbons (Fsp3) is 0.182. The molecule has 0 aliphatic carbocycles. The van der Waals surface area contributed by atoms with Gasteiger partial charge < -0.3 is 0 Å². The molecule has 0 aliphatic rings. The van der Waals surface area contributed by atoms with Gasteiger partial charge in [-0.05, 0) is 37.6 Å². The van der Waals surface area contributed by atoms with Gasteiger partial charge in [-0.3, -0.25) is 0 Å². The molecule has 0 unspecified atom stereocenters. The van der Waals surface area contributed by atoms with Crippen LogP contribution in [0.5, 0.6) is 0 Å². The summed E-state index contributed by atoms with van der Waals surface area (Å²) in [6, 6.07) is 7.77. The molecule has 0 atom stereocenters. The van der Waals surface area contributed by atoms with E-state index in [9.17, 15) is 0 Å². The predicted molar refractivity (Wildman–Crippen MR) is 58.0 cm³/mol. The van der Waals surface area contributed by atoms with Crippen molar-refractivity contribution in [2.45, 2.75) is 13.8 Å². The van der Waals surface area contributed by atoms with Crippen molar-refractivity contribution in [3.63, 3.8) is 0 Å². The van der Waals surface area contributed by atoms with E-state index in [4.69, 9.17) is 11.6 Å². The van der Waals surface area contributed by atoms with Crippen molar-refractivity contribution in [1.82, 2.24) is 9.78 Å². The number of benzene rings is 1. The van der Waals surface area contributed by atoms with Gasteiger partial charge in [-0.1, -0.05) is 17.7 Å². The summed E-state index contributed by atoms with van der Waals surface area (Å²) in [7, 11) is 0. The summed E-state index contributed by atoms with van der Waals surface area (Å²) in [5, 5.41) is 5.08. The van der Waals surface area contributed by atoms with Gasteiger partial charge in [-0.15, -0.1) is 0 Å². The molecule has 1 heterocycles. The van der Waals surface area contributed by atoms with E-state index in [1.165, 1.54) is 0 Å². The second-order valence-corrected chi connectivity index (χ2v) is 3.77. The molecule has 0 aliphatic heterocycles. The van der Waals surface area contributed by atoms with Crippen molar-refractivity contribution in [2.24, 2.45) is 0 Å². The average molecular weight is 207 g/mol. The van der Waals surface area contributed by atoms with Gasteiger partial charge in [0, 0.05) is 11.2 Å². The first-order valence-corrected chi connectivity index (χ1v) is 4.83. The van der Waals surface area contributed by atoms with Crippen molar-refractivity contribution >= 4 is 11.6 Å². The zero-order valence-electron chi connectivity index (χ0n) is 8.16. The quantitative estimate of drug-likeness (QED) is 0.701. The third-order valence-corrected chi connectivity index (χ3v) is 2.38.